The first-order chi connectivity index (χ1) is 10.2. The second-order valence-corrected chi connectivity index (χ2v) is 6.19. The second kappa shape index (κ2) is 8.61. The second-order valence-electron chi connectivity index (χ2n) is 4.31. The fourth-order valence-electron chi connectivity index (χ4n) is 1.73. The zero-order valence-electron chi connectivity index (χ0n) is 11.6. The Bertz CT molecular complexity index is 596. The number of nitrogens with zero attached hydrogens (tertiary/aromatic N) is 1. The lowest BCUT2D eigenvalue weighted by molar-refractivity contribution is 0.199. The molecule has 0 atom stereocenters. The third-order valence-corrected chi connectivity index (χ3v) is 4.54. The Morgan fingerprint density at radius 3 is 2.90 bits per heavy atom. The molecular weight excluding hydrogens is 327 g/mol. The summed E-state index contributed by atoms with van der Waals surface area (Å²) in [6.07, 6.45) is 1.74. The number of benzene rings is 1. The number of rotatable bonds is 7. The molecule has 3 nitrogen and oxygen atoms in total. The maximum absolute atomic E-state index is 6.16. The van der Waals surface area contributed by atoms with Crippen molar-refractivity contribution in [2.45, 2.75) is 16.5 Å². The largest absolute Gasteiger partial charge is 0.383 e. The summed E-state index contributed by atoms with van der Waals surface area (Å²) in [6, 6.07) is 9.48. The number of hydrogen-bond donors (Lipinski definition) is 1. The average molecular weight is 343 g/mol. The van der Waals surface area contributed by atoms with Gasteiger partial charge in [0.15, 0.2) is 0 Å². The predicted octanol–water partition coefficient (Wildman–Crippen LogP) is 4.28. The summed E-state index contributed by atoms with van der Waals surface area (Å²) in [5.74, 6) is 0. The van der Waals surface area contributed by atoms with E-state index in [-0.39, 0.29) is 0 Å². The first kappa shape index (κ1) is 16.6. The van der Waals surface area contributed by atoms with Crippen LogP contribution >= 0.6 is 35.0 Å². The molecule has 0 radical (unpaired) electrons. The van der Waals surface area contributed by atoms with Crippen LogP contribution < -0.4 is 5.32 Å². The van der Waals surface area contributed by atoms with Crippen LogP contribution in [0.5, 0.6) is 0 Å². The van der Waals surface area contributed by atoms with Crippen LogP contribution in [0.1, 0.15) is 5.56 Å². The summed E-state index contributed by atoms with van der Waals surface area (Å²) in [7, 11) is 1.69. The minimum atomic E-state index is 0.649. The fourth-order valence-corrected chi connectivity index (χ4v) is 3.05. The van der Waals surface area contributed by atoms with E-state index in [1.165, 1.54) is 0 Å². The molecule has 2 aromatic rings. The van der Waals surface area contributed by atoms with Gasteiger partial charge < -0.3 is 10.1 Å². The van der Waals surface area contributed by atoms with Gasteiger partial charge in [0.1, 0.15) is 5.03 Å². The average Bonchev–Trinajstić information content (AvgIpc) is 2.48. The molecule has 0 aliphatic heterocycles. The van der Waals surface area contributed by atoms with E-state index >= 15 is 0 Å². The number of pyridine rings is 1. The molecule has 0 spiro atoms. The van der Waals surface area contributed by atoms with Crippen LogP contribution in [-0.4, -0.2) is 25.2 Å². The lowest BCUT2D eigenvalue weighted by Crippen LogP contribution is -2.18. The van der Waals surface area contributed by atoms with E-state index in [4.69, 9.17) is 27.9 Å². The smallest absolute Gasteiger partial charge is 0.119 e. The van der Waals surface area contributed by atoms with E-state index in [1.807, 2.05) is 30.3 Å². The number of ether oxygens (including phenoxy) is 1. The van der Waals surface area contributed by atoms with Crippen molar-refractivity contribution in [2.24, 2.45) is 0 Å². The molecule has 0 saturated heterocycles. The van der Waals surface area contributed by atoms with Gasteiger partial charge in [0.25, 0.3) is 0 Å². The van der Waals surface area contributed by atoms with Crippen molar-refractivity contribution in [1.29, 1.82) is 0 Å². The Labute approximate surface area is 139 Å². The monoisotopic (exact) mass is 342 g/mol. The van der Waals surface area contributed by atoms with E-state index in [2.05, 4.69) is 10.3 Å². The SMILES string of the molecule is COCCNCc1cc(Cl)ccc1Sc1ncccc1Cl. The third kappa shape index (κ3) is 5.16. The Morgan fingerprint density at radius 2 is 2.14 bits per heavy atom. The zero-order valence-corrected chi connectivity index (χ0v) is 13.9. The van der Waals surface area contributed by atoms with Gasteiger partial charge in [-0.2, -0.15) is 0 Å². The van der Waals surface area contributed by atoms with Gasteiger partial charge in [-0.3, -0.25) is 0 Å². The van der Waals surface area contributed by atoms with Gasteiger partial charge in [0, 0.05) is 36.3 Å². The van der Waals surface area contributed by atoms with Gasteiger partial charge in [0.2, 0.25) is 0 Å². The molecule has 0 aliphatic carbocycles. The van der Waals surface area contributed by atoms with Crippen LogP contribution in [0.4, 0.5) is 0 Å². The molecule has 2 rings (SSSR count). The van der Waals surface area contributed by atoms with Crippen molar-refractivity contribution in [3.63, 3.8) is 0 Å². The van der Waals surface area contributed by atoms with Crippen LogP contribution in [0.25, 0.3) is 0 Å². The van der Waals surface area contributed by atoms with Crippen molar-refractivity contribution in [3.05, 3.63) is 52.1 Å². The van der Waals surface area contributed by atoms with Gasteiger partial charge >= 0.3 is 0 Å². The van der Waals surface area contributed by atoms with Crippen LogP contribution in [0, 0.1) is 0 Å². The molecule has 0 aliphatic rings. The summed E-state index contributed by atoms with van der Waals surface area (Å²) in [6.45, 7) is 2.18. The molecule has 0 fully saturated rings. The van der Waals surface area contributed by atoms with Crippen molar-refractivity contribution in [1.82, 2.24) is 10.3 Å². The molecule has 1 aromatic carbocycles. The number of aromatic nitrogens is 1. The summed E-state index contributed by atoms with van der Waals surface area (Å²) in [4.78, 5) is 5.39. The third-order valence-electron chi connectivity index (χ3n) is 2.75. The molecule has 1 N–H and O–H groups in total. The fraction of sp³-hybridized carbons (Fsp3) is 0.267. The summed E-state index contributed by atoms with van der Waals surface area (Å²) in [5.41, 5.74) is 1.12. The molecular formula is C15H16Cl2N2OS. The Hall–Kier alpha value is -0.780. The van der Waals surface area contributed by atoms with Gasteiger partial charge in [-0.05, 0) is 35.9 Å². The number of nitrogens with one attached hydrogen (secondary N) is 1. The maximum Gasteiger partial charge on any atom is 0.119 e. The van der Waals surface area contributed by atoms with Gasteiger partial charge in [-0.25, -0.2) is 4.98 Å². The molecule has 112 valence electrons. The quantitative estimate of drug-likeness (QED) is 0.761. The first-order valence-electron chi connectivity index (χ1n) is 6.47. The van der Waals surface area contributed by atoms with Gasteiger partial charge in [0.05, 0.1) is 11.6 Å². The van der Waals surface area contributed by atoms with Crippen molar-refractivity contribution >= 4 is 35.0 Å². The molecule has 1 heterocycles. The van der Waals surface area contributed by atoms with Crippen molar-refractivity contribution < 1.29 is 4.74 Å². The van der Waals surface area contributed by atoms with E-state index in [1.54, 1.807) is 25.1 Å². The summed E-state index contributed by atoms with van der Waals surface area (Å²) >= 11 is 13.8. The highest BCUT2D eigenvalue weighted by Gasteiger charge is 2.09. The molecule has 0 saturated carbocycles. The maximum atomic E-state index is 6.16. The normalized spacial score (nSPS) is 10.8. The molecule has 0 unspecified atom stereocenters. The minimum Gasteiger partial charge on any atom is -0.383 e. The zero-order chi connectivity index (χ0) is 15.1. The van der Waals surface area contributed by atoms with E-state index in [9.17, 15) is 0 Å². The molecule has 6 heteroatoms. The molecule has 0 bridgehead atoms. The van der Waals surface area contributed by atoms with Gasteiger partial charge in [-0.15, -0.1) is 0 Å². The predicted molar refractivity (Wildman–Crippen MR) is 88.4 cm³/mol. The molecule has 21 heavy (non-hydrogen) atoms. The topological polar surface area (TPSA) is 34.1 Å². The van der Waals surface area contributed by atoms with E-state index in [0.29, 0.717) is 11.6 Å². The van der Waals surface area contributed by atoms with E-state index in [0.717, 1.165) is 33.6 Å². The van der Waals surface area contributed by atoms with Crippen LogP contribution in [0.15, 0.2) is 46.5 Å². The van der Waals surface area contributed by atoms with Crippen LogP contribution in [-0.2, 0) is 11.3 Å². The Morgan fingerprint density at radius 1 is 1.29 bits per heavy atom. The van der Waals surface area contributed by atoms with Crippen molar-refractivity contribution in [2.75, 3.05) is 20.3 Å². The standard InChI is InChI=1S/C15H16Cl2N2OS/c1-20-8-7-18-10-11-9-12(16)4-5-14(11)21-15-13(17)3-2-6-19-15/h2-6,9,18H,7-8,10H2,1H3. The number of hydrogen-bond acceptors (Lipinski definition) is 4. The van der Waals surface area contributed by atoms with E-state index < -0.39 is 0 Å². The number of methoxy groups -OCH3 is 1. The van der Waals surface area contributed by atoms with Crippen molar-refractivity contribution in [3.8, 4) is 0 Å². The van der Waals surface area contributed by atoms with Crippen LogP contribution in [0.2, 0.25) is 10.0 Å². The van der Waals surface area contributed by atoms with Crippen LogP contribution in [0.3, 0.4) is 0 Å². The highest BCUT2D eigenvalue weighted by atomic mass is 35.5. The lowest BCUT2D eigenvalue weighted by atomic mass is 10.2. The molecule has 1 aromatic heterocycles. The summed E-state index contributed by atoms with van der Waals surface area (Å²) < 4.78 is 5.02. The van der Waals surface area contributed by atoms with Gasteiger partial charge in [-0.1, -0.05) is 35.0 Å². The highest BCUT2D eigenvalue weighted by Crippen LogP contribution is 2.34. The molecule has 0 amide bonds. The first-order valence-corrected chi connectivity index (χ1v) is 8.04. The number of halogens is 2. The lowest BCUT2D eigenvalue weighted by Gasteiger charge is -2.11. The highest BCUT2D eigenvalue weighted by molar-refractivity contribution is 7.99. The minimum absolute atomic E-state index is 0.649. The Balaban J connectivity index is 2.13. The summed E-state index contributed by atoms with van der Waals surface area (Å²) in [5, 5.41) is 5.48. The Kier molecular flexibility index (Phi) is 6.80.